The fraction of sp³-hybridized carbons (Fsp3) is 0.100. The molecule has 0 fully saturated rings. The second kappa shape index (κ2) is 7.58. The summed E-state index contributed by atoms with van der Waals surface area (Å²) >= 11 is 3.45. The van der Waals surface area contributed by atoms with Gasteiger partial charge in [0.05, 0.1) is 6.21 Å². The number of amides is 1. The number of aromatic nitrogens is 1. The van der Waals surface area contributed by atoms with Crippen molar-refractivity contribution in [3.05, 3.63) is 81.6 Å². The molecule has 3 rings (SSSR count). The van der Waals surface area contributed by atoms with E-state index in [1.54, 1.807) is 18.3 Å². The number of phenolic OH excluding ortho intramolecular Hbond substituents is 1. The van der Waals surface area contributed by atoms with Gasteiger partial charge in [0.2, 0.25) is 0 Å². The molecule has 3 aromatic rings. The van der Waals surface area contributed by atoms with Crippen LogP contribution in [-0.2, 0) is 0 Å². The predicted octanol–water partition coefficient (Wildman–Crippen LogP) is 4.33. The molecule has 1 aromatic heterocycles. The highest BCUT2D eigenvalue weighted by Gasteiger charge is 2.10. The molecule has 0 atom stereocenters. The number of benzene rings is 2. The minimum Gasteiger partial charge on any atom is -0.508 e. The first-order valence-electron chi connectivity index (χ1n) is 8.03. The summed E-state index contributed by atoms with van der Waals surface area (Å²) in [6, 6.07) is 16.2. The molecule has 1 amide bonds. The monoisotopic (exact) mass is 411 g/mol. The van der Waals surface area contributed by atoms with Crippen molar-refractivity contribution in [3.8, 4) is 11.4 Å². The summed E-state index contributed by atoms with van der Waals surface area (Å²) in [6.45, 7) is 4.03. The Balaban J connectivity index is 1.78. The molecule has 5 nitrogen and oxygen atoms in total. The van der Waals surface area contributed by atoms with Crippen LogP contribution in [0.4, 0.5) is 0 Å². The van der Waals surface area contributed by atoms with Gasteiger partial charge in [0.25, 0.3) is 5.91 Å². The summed E-state index contributed by atoms with van der Waals surface area (Å²) in [7, 11) is 0. The third kappa shape index (κ3) is 3.86. The summed E-state index contributed by atoms with van der Waals surface area (Å²) in [5.41, 5.74) is 6.91. The molecule has 0 aliphatic heterocycles. The Morgan fingerprint density at radius 1 is 1.15 bits per heavy atom. The van der Waals surface area contributed by atoms with Crippen molar-refractivity contribution >= 4 is 28.1 Å². The molecular weight excluding hydrogens is 394 g/mol. The van der Waals surface area contributed by atoms with Gasteiger partial charge in [-0.05, 0) is 62.4 Å². The van der Waals surface area contributed by atoms with E-state index in [9.17, 15) is 9.90 Å². The van der Waals surface area contributed by atoms with E-state index in [4.69, 9.17) is 0 Å². The van der Waals surface area contributed by atoms with Gasteiger partial charge < -0.3 is 9.67 Å². The Labute approximate surface area is 160 Å². The van der Waals surface area contributed by atoms with Gasteiger partial charge in [-0.25, -0.2) is 5.43 Å². The molecule has 26 heavy (non-hydrogen) atoms. The average molecular weight is 412 g/mol. The number of hydrogen-bond donors (Lipinski definition) is 2. The van der Waals surface area contributed by atoms with Crippen LogP contribution in [0.25, 0.3) is 5.69 Å². The van der Waals surface area contributed by atoms with Crippen LogP contribution in [0, 0.1) is 13.8 Å². The highest BCUT2D eigenvalue weighted by molar-refractivity contribution is 9.10. The van der Waals surface area contributed by atoms with Gasteiger partial charge >= 0.3 is 0 Å². The van der Waals surface area contributed by atoms with E-state index in [-0.39, 0.29) is 11.7 Å². The van der Waals surface area contributed by atoms with E-state index < -0.39 is 0 Å². The zero-order valence-corrected chi connectivity index (χ0v) is 16.0. The highest BCUT2D eigenvalue weighted by Crippen LogP contribution is 2.21. The molecule has 0 saturated carbocycles. The third-order valence-corrected chi connectivity index (χ3v) is 4.56. The maximum Gasteiger partial charge on any atom is 0.271 e. The lowest BCUT2D eigenvalue weighted by molar-refractivity contribution is 0.0954. The number of rotatable bonds is 4. The van der Waals surface area contributed by atoms with E-state index in [1.807, 2.05) is 44.2 Å². The van der Waals surface area contributed by atoms with Gasteiger partial charge in [-0.2, -0.15) is 5.10 Å². The zero-order chi connectivity index (χ0) is 18.7. The summed E-state index contributed by atoms with van der Waals surface area (Å²) in [5.74, 6) is -0.335. The van der Waals surface area contributed by atoms with Crippen LogP contribution in [0.15, 0.2) is 64.2 Å². The molecule has 0 spiro atoms. The SMILES string of the molecule is Cc1cc(/C=N/NC(=O)c2cccc(O)c2)c(C)n1-c1ccc(Br)cc1. The zero-order valence-electron chi connectivity index (χ0n) is 14.4. The van der Waals surface area contributed by atoms with Gasteiger partial charge in [0, 0.05) is 32.7 Å². The number of carbonyl (C=O) groups is 1. The van der Waals surface area contributed by atoms with Crippen molar-refractivity contribution < 1.29 is 9.90 Å². The number of hydrogen-bond acceptors (Lipinski definition) is 3. The lowest BCUT2D eigenvalue weighted by Crippen LogP contribution is -2.17. The number of carbonyl (C=O) groups excluding carboxylic acids is 1. The van der Waals surface area contributed by atoms with Crippen molar-refractivity contribution in [1.82, 2.24) is 9.99 Å². The summed E-state index contributed by atoms with van der Waals surface area (Å²) in [5, 5.41) is 13.5. The second-order valence-electron chi connectivity index (χ2n) is 5.89. The van der Waals surface area contributed by atoms with Crippen molar-refractivity contribution in [2.45, 2.75) is 13.8 Å². The molecule has 132 valence electrons. The first-order valence-corrected chi connectivity index (χ1v) is 8.82. The van der Waals surface area contributed by atoms with E-state index in [0.29, 0.717) is 5.56 Å². The molecule has 0 aliphatic carbocycles. The van der Waals surface area contributed by atoms with Gasteiger partial charge in [-0.1, -0.05) is 22.0 Å². The van der Waals surface area contributed by atoms with Gasteiger partial charge in [0.15, 0.2) is 0 Å². The largest absolute Gasteiger partial charge is 0.508 e. The lowest BCUT2D eigenvalue weighted by atomic mass is 10.2. The van der Waals surface area contributed by atoms with E-state index in [0.717, 1.165) is 27.1 Å². The Morgan fingerprint density at radius 3 is 2.58 bits per heavy atom. The minimum absolute atomic E-state index is 0.0414. The standard InChI is InChI=1S/C20H18BrN3O2/c1-13-10-16(14(2)24(13)18-8-6-17(21)7-9-18)12-22-23-20(26)15-4-3-5-19(25)11-15/h3-12,25H,1-2H3,(H,23,26)/b22-12+. The summed E-state index contributed by atoms with van der Waals surface area (Å²) < 4.78 is 3.16. The third-order valence-electron chi connectivity index (χ3n) is 4.03. The normalized spacial score (nSPS) is 11.0. The Hall–Kier alpha value is -2.86. The van der Waals surface area contributed by atoms with Crippen molar-refractivity contribution in [2.75, 3.05) is 0 Å². The highest BCUT2D eigenvalue weighted by atomic mass is 79.9. The van der Waals surface area contributed by atoms with Crippen molar-refractivity contribution in [1.29, 1.82) is 0 Å². The average Bonchev–Trinajstić information content (AvgIpc) is 2.89. The van der Waals surface area contributed by atoms with E-state index in [1.165, 1.54) is 12.1 Å². The Morgan fingerprint density at radius 2 is 1.88 bits per heavy atom. The first kappa shape index (κ1) is 17.9. The number of phenols is 1. The maximum atomic E-state index is 12.1. The molecule has 2 N–H and O–H groups in total. The number of nitrogens with one attached hydrogen (secondary N) is 1. The summed E-state index contributed by atoms with van der Waals surface area (Å²) in [6.07, 6.45) is 1.62. The molecule has 0 unspecified atom stereocenters. The molecule has 0 radical (unpaired) electrons. The van der Waals surface area contributed by atoms with Crippen LogP contribution in [-0.4, -0.2) is 21.8 Å². The fourth-order valence-corrected chi connectivity index (χ4v) is 3.04. The number of hydrazone groups is 1. The van der Waals surface area contributed by atoms with E-state index in [2.05, 4.69) is 31.0 Å². The number of nitrogens with zero attached hydrogens (tertiary/aromatic N) is 2. The lowest BCUT2D eigenvalue weighted by Gasteiger charge is -2.09. The van der Waals surface area contributed by atoms with Crippen LogP contribution in [0.3, 0.4) is 0 Å². The number of halogens is 1. The number of aryl methyl sites for hydroxylation is 1. The van der Waals surface area contributed by atoms with Crippen LogP contribution in [0.5, 0.6) is 5.75 Å². The molecule has 2 aromatic carbocycles. The van der Waals surface area contributed by atoms with Crippen LogP contribution in [0.2, 0.25) is 0 Å². The minimum atomic E-state index is -0.376. The van der Waals surface area contributed by atoms with Crippen molar-refractivity contribution in [2.24, 2.45) is 5.10 Å². The smallest absolute Gasteiger partial charge is 0.271 e. The van der Waals surface area contributed by atoms with Crippen molar-refractivity contribution in [3.63, 3.8) is 0 Å². The maximum absolute atomic E-state index is 12.1. The van der Waals surface area contributed by atoms with Gasteiger partial charge in [-0.3, -0.25) is 4.79 Å². The van der Waals surface area contributed by atoms with Crippen LogP contribution in [0.1, 0.15) is 27.3 Å². The van der Waals surface area contributed by atoms with Crippen LogP contribution >= 0.6 is 15.9 Å². The Kier molecular flexibility index (Phi) is 5.23. The molecular formula is C20H18BrN3O2. The molecule has 1 heterocycles. The quantitative estimate of drug-likeness (QED) is 0.495. The molecule has 0 aliphatic rings. The summed E-state index contributed by atoms with van der Waals surface area (Å²) in [4.78, 5) is 12.1. The fourth-order valence-electron chi connectivity index (χ4n) is 2.78. The first-order chi connectivity index (χ1) is 12.5. The van der Waals surface area contributed by atoms with E-state index >= 15 is 0 Å². The molecule has 6 heteroatoms. The molecule has 0 bridgehead atoms. The van der Waals surface area contributed by atoms with Gasteiger partial charge in [0.1, 0.15) is 5.75 Å². The van der Waals surface area contributed by atoms with Crippen LogP contribution < -0.4 is 5.43 Å². The Bertz CT molecular complexity index is 975. The topological polar surface area (TPSA) is 66.6 Å². The number of aromatic hydroxyl groups is 1. The van der Waals surface area contributed by atoms with Gasteiger partial charge in [-0.15, -0.1) is 0 Å². The predicted molar refractivity (Wildman–Crippen MR) is 106 cm³/mol. The second-order valence-corrected chi connectivity index (χ2v) is 6.80. The molecule has 0 saturated heterocycles.